The fourth-order valence-electron chi connectivity index (χ4n) is 2.09. The number of hydrogen-bond acceptors (Lipinski definition) is 4. The van der Waals surface area contributed by atoms with Gasteiger partial charge in [0.15, 0.2) is 0 Å². The molecule has 0 atom stereocenters. The molecule has 0 radical (unpaired) electrons. The molecular weight excluding hydrogens is 290 g/mol. The van der Waals surface area contributed by atoms with Crippen molar-refractivity contribution in [3.63, 3.8) is 0 Å². The van der Waals surface area contributed by atoms with Crippen LogP contribution in [0.25, 0.3) is 11.1 Å². The van der Waals surface area contributed by atoms with Crippen LogP contribution >= 0.6 is 0 Å². The summed E-state index contributed by atoms with van der Waals surface area (Å²) in [7, 11) is 0. The van der Waals surface area contributed by atoms with Crippen LogP contribution < -0.4 is 4.74 Å². The molecule has 0 saturated carbocycles. The molecule has 118 valence electrons. The van der Waals surface area contributed by atoms with Gasteiger partial charge in [0.2, 0.25) is 0 Å². The van der Waals surface area contributed by atoms with Gasteiger partial charge in [-0.2, -0.15) is 5.26 Å². The average Bonchev–Trinajstić information content (AvgIpc) is 2.59. The van der Waals surface area contributed by atoms with E-state index in [4.69, 9.17) is 14.7 Å². The molecule has 0 bridgehead atoms. The van der Waals surface area contributed by atoms with Crippen molar-refractivity contribution in [2.45, 2.75) is 26.2 Å². The van der Waals surface area contributed by atoms with Crippen LogP contribution in [0.1, 0.15) is 31.7 Å². The average molecular weight is 309 g/mol. The highest BCUT2D eigenvalue weighted by Gasteiger charge is 2.06. The Morgan fingerprint density at radius 2 is 1.61 bits per heavy atom. The van der Waals surface area contributed by atoms with E-state index in [1.54, 1.807) is 24.3 Å². The molecule has 2 rings (SSSR count). The molecule has 0 spiro atoms. The Bertz CT molecular complexity index is 669. The molecule has 0 amide bonds. The lowest BCUT2D eigenvalue weighted by Gasteiger charge is -2.07. The van der Waals surface area contributed by atoms with Crippen LogP contribution in [-0.2, 0) is 4.74 Å². The minimum Gasteiger partial charge on any atom is -0.434 e. The number of hydrogen-bond donors (Lipinski definition) is 0. The summed E-state index contributed by atoms with van der Waals surface area (Å²) in [6, 6.07) is 16.6. The van der Waals surface area contributed by atoms with Gasteiger partial charge in [0, 0.05) is 0 Å². The van der Waals surface area contributed by atoms with Crippen LogP contribution in [0.2, 0.25) is 0 Å². The SMILES string of the molecule is CCCCCOC(=O)Oc1ccc(-c2ccc(C#N)cc2)cc1. The largest absolute Gasteiger partial charge is 0.513 e. The number of unbranched alkanes of at least 4 members (excludes halogenated alkanes) is 2. The zero-order chi connectivity index (χ0) is 16.5. The second kappa shape index (κ2) is 8.60. The van der Waals surface area contributed by atoms with Crippen LogP contribution in [0, 0.1) is 11.3 Å². The van der Waals surface area contributed by atoms with Gasteiger partial charge in [0.25, 0.3) is 0 Å². The Morgan fingerprint density at radius 3 is 2.17 bits per heavy atom. The van der Waals surface area contributed by atoms with E-state index in [9.17, 15) is 4.79 Å². The number of carbonyl (C=O) groups is 1. The van der Waals surface area contributed by atoms with Crippen molar-refractivity contribution in [1.29, 1.82) is 5.26 Å². The number of carbonyl (C=O) groups excluding carboxylic acids is 1. The van der Waals surface area contributed by atoms with Gasteiger partial charge >= 0.3 is 6.16 Å². The lowest BCUT2D eigenvalue weighted by atomic mass is 10.0. The van der Waals surface area contributed by atoms with Gasteiger partial charge in [0.1, 0.15) is 5.75 Å². The second-order valence-corrected chi connectivity index (χ2v) is 5.12. The summed E-state index contributed by atoms with van der Waals surface area (Å²) in [5.41, 5.74) is 2.61. The molecular formula is C19H19NO3. The summed E-state index contributed by atoms with van der Waals surface area (Å²) in [6.45, 7) is 2.48. The highest BCUT2D eigenvalue weighted by Crippen LogP contribution is 2.23. The highest BCUT2D eigenvalue weighted by molar-refractivity contribution is 5.67. The Balaban J connectivity index is 1.91. The van der Waals surface area contributed by atoms with Crippen LogP contribution in [0.15, 0.2) is 48.5 Å². The summed E-state index contributed by atoms with van der Waals surface area (Å²) in [5, 5.41) is 8.80. The fraction of sp³-hybridized carbons (Fsp3) is 0.263. The standard InChI is InChI=1S/C19H19NO3/c1-2-3-4-13-22-19(21)23-18-11-9-17(10-12-18)16-7-5-15(14-20)6-8-16/h5-12H,2-4,13H2,1H3. The van der Waals surface area contributed by atoms with E-state index in [1.807, 2.05) is 24.3 Å². The van der Waals surface area contributed by atoms with Crippen LogP contribution in [-0.4, -0.2) is 12.8 Å². The molecule has 2 aromatic rings. The van der Waals surface area contributed by atoms with E-state index < -0.39 is 6.16 Å². The summed E-state index contributed by atoms with van der Waals surface area (Å²) in [4.78, 5) is 11.5. The van der Waals surface area contributed by atoms with Crippen LogP contribution in [0.3, 0.4) is 0 Å². The molecule has 0 aliphatic carbocycles. The summed E-state index contributed by atoms with van der Waals surface area (Å²) in [5.74, 6) is 0.447. The van der Waals surface area contributed by atoms with Crippen molar-refractivity contribution in [1.82, 2.24) is 0 Å². The lowest BCUT2D eigenvalue weighted by Crippen LogP contribution is -2.11. The van der Waals surface area contributed by atoms with Crippen molar-refractivity contribution >= 4 is 6.16 Å². The third kappa shape index (κ3) is 5.15. The first-order chi connectivity index (χ1) is 11.2. The van der Waals surface area contributed by atoms with Crippen molar-refractivity contribution in [2.75, 3.05) is 6.61 Å². The number of rotatable bonds is 6. The topological polar surface area (TPSA) is 59.3 Å². The second-order valence-electron chi connectivity index (χ2n) is 5.12. The van der Waals surface area contributed by atoms with Crippen molar-refractivity contribution < 1.29 is 14.3 Å². The molecule has 0 unspecified atom stereocenters. The van der Waals surface area contributed by atoms with E-state index in [0.717, 1.165) is 30.4 Å². The molecule has 4 heteroatoms. The molecule has 0 saturated heterocycles. The molecule has 0 aliphatic rings. The van der Waals surface area contributed by atoms with Gasteiger partial charge in [-0.3, -0.25) is 0 Å². The van der Waals surface area contributed by atoms with Gasteiger partial charge in [-0.05, 0) is 41.8 Å². The van der Waals surface area contributed by atoms with Gasteiger partial charge in [-0.15, -0.1) is 0 Å². The molecule has 23 heavy (non-hydrogen) atoms. The Kier molecular flexibility index (Phi) is 6.19. The first-order valence-corrected chi connectivity index (χ1v) is 7.68. The smallest absolute Gasteiger partial charge is 0.434 e. The maximum atomic E-state index is 11.5. The quantitative estimate of drug-likeness (QED) is 0.431. The molecule has 2 aromatic carbocycles. The van der Waals surface area contributed by atoms with Crippen LogP contribution in [0.5, 0.6) is 5.75 Å². The van der Waals surface area contributed by atoms with Crippen LogP contribution in [0.4, 0.5) is 4.79 Å². The number of nitriles is 1. The molecule has 0 N–H and O–H groups in total. The summed E-state index contributed by atoms with van der Waals surface area (Å²) >= 11 is 0. The minimum absolute atomic E-state index is 0.385. The predicted molar refractivity (Wildman–Crippen MR) is 88.1 cm³/mol. The highest BCUT2D eigenvalue weighted by atomic mass is 16.7. The third-order valence-corrected chi connectivity index (χ3v) is 3.37. The maximum absolute atomic E-state index is 11.5. The van der Waals surface area contributed by atoms with E-state index in [1.165, 1.54) is 0 Å². The van der Waals surface area contributed by atoms with Gasteiger partial charge < -0.3 is 9.47 Å². The molecule has 0 heterocycles. The molecule has 4 nitrogen and oxygen atoms in total. The number of benzene rings is 2. The first kappa shape index (κ1) is 16.6. The minimum atomic E-state index is -0.674. The van der Waals surface area contributed by atoms with Gasteiger partial charge in [0.05, 0.1) is 18.2 Å². The Morgan fingerprint density at radius 1 is 1.00 bits per heavy atom. The molecule has 0 fully saturated rings. The summed E-state index contributed by atoms with van der Waals surface area (Å²) in [6.07, 6.45) is 2.29. The molecule has 0 aliphatic heterocycles. The zero-order valence-corrected chi connectivity index (χ0v) is 13.1. The zero-order valence-electron chi connectivity index (χ0n) is 13.1. The number of nitrogens with zero attached hydrogens (tertiary/aromatic N) is 1. The monoisotopic (exact) mass is 309 g/mol. The van der Waals surface area contributed by atoms with Gasteiger partial charge in [-0.1, -0.05) is 44.0 Å². The van der Waals surface area contributed by atoms with Gasteiger partial charge in [-0.25, -0.2) is 4.79 Å². The van der Waals surface area contributed by atoms with E-state index >= 15 is 0 Å². The predicted octanol–water partition coefficient (Wildman–Crippen LogP) is 4.93. The Labute approximate surface area is 136 Å². The van der Waals surface area contributed by atoms with E-state index in [2.05, 4.69) is 13.0 Å². The van der Waals surface area contributed by atoms with Crippen molar-refractivity contribution in [2.24, 2.45) is 0 Å². The van der Waals surface area contributed by atoms with E-state index in [0.29, 0.717) is 17.9 Å². The number of ether oxygens (including phenoxy) is 2. The third-order valence-electron chi connectivity index (χ3n) is 3.37. The lowest BCUT2D eigenvalue weighted by molar-refractivity contribution is 0.0974. The summed E-state index contributed by atoms with van der Waals surface area (Å²) < 4.78 is 10.1. The maximum Gasteiger partial charge on any atom is 0.513 e. The normalized spacial score (nSPS) is 9.91. The fourth-order valence-corrected chi connectivity index (χ4v) is 2.09. The van der Waals surface area contributed by atoms with E-state index in [-0.39, 0.29) is 0 Å². The van der Waals surface area contributed by atoms with Crippen molar-refractivity contribution in [3.05, 3.63) is 54.1 Å². The molecule has 0 aromatic heterocycles. The first-order valence-electron chi connectivity index (χ1n) is 7.68. The Hall–Kier alpha value is -2.80. The van der Waals surface area contributed by atoms with Crippen molar-refractivity contribution in [3.8, 4) is 22.9 Å².